The summed E-state index contributed by atoms with van der Waals surface area (Å²) >= 11 is 6.20. The number of fused-ring (bicyclic) bond motifs is 1. The van der Waals surface area contributed by atoms with Gasteiger partial charge in [0.1, 0.15) is 0 Å². The van der Waals surface area contributed by atoms with Crippen molar-refractivity contribution in [1.29, 1.82) is 0 Å². The van der Waals surface area contributed by atoms with Crippen LogP contribution in [0.4, 0.5) is 5.82 Å². The Kier molecular flexibility index (Phi) is 2.16. The van der Waals surface area contributed by atoms with Crippen molar-refractivity contribution >= 4 is 17.4 Å². The van der Waals surface area contributed by atoms with Gasteiger partial charge in [-0.1, -0.05) is 16.8 Å². The molecule has 2 heterocycles. The Bertz CT molecular complexity index is 595. The quantitative estimate of drug-likeness (QED) is 0.845. The van der Waals surface area contributed by atoms with Crippen LogP contribution in [0.15, 0.2) is 16.7 Å². The SMILES string of the molecule is Cc1c(-c2cc(N)no2)cc2c(c1Cl)OCO2. The molecule has 88 valence electrons. The van der Waals surface area contributed by atoms with Crippen molar-refractivity contribution in [2.24, 2.45) is 0 Å². The molecule has 0 unspecified atom stereocenters. The molecule has 2 aromatic rings. The first-order valence-electron chi connectivity index (χ1n) is 4.98. The number of nitrogens with zero attached hydrogens (tertiary/aromatic N) is 1. The first kappa shape index (κ1) is 10.3. The van der Waals surface area contributed by atoms with Gasteiger partial charge in [-0.15, -0.1) is 0 Å². The van der Waals surface area contributed by atoms with Crippen LogP contribution in [0.5, 0.6) is 11.5 Å². The lowest BCUT2D eigenvalue weighted by atomic mass is 10.1. The number of halogens is 1. The normalized spacial score (nSPS) is 13.1. The van der Waals surface area contributed by atoms with Crippen LogP contribution in [0.3, 0.4) is 0 Å². The molecule has 3 rings (SSSR count). The average Bonchev–Trinajstić information content (AvgIpc) is 2.91. The zero-order chi connectivity index (χ0) is 12.0. The lowest BCUT2D eigenvalue weighted by Gasteiger charge is -2.07. The van der Waals surface area contributed by atoms with Gasteiger partial charge in [-0.25, -0.2) is 0 Å². The standard InChI is InChI=1S/C11H9ClN2O3/c1-5-6(7-3-9(13)14-17-7)2-8-11(10(5)12)16-4-15-8/h2-3H,4H2,1H3,(H2,13,14). The number of hydrogen-bond donors (Lipinski definition) is 1. The maximum absolute atomic E-state index is 6.20. The third-order valence-corrected chi connectivity index (χ3v) is 3.10. The topological polar surface area (TPSA) is 70.5 Å². The van der Waals surface area contributed by atoms with Crippen LogP contribution in [0, 0.1) is 6.92 Å². The smallest absolute Gasteiger partial charge is 0.231 e. The van der Waals surface area contributed by atoms with Crippen LogP contribution in [-0.4, -0.2) is 11.9 Å². The molecule has 0 fully saturated rings. The fraction of sp³-hybridized carbons (Fsp3) is 0.182. The van der Waals surface area contributed by atoms with Crippen molar-refractivity contribution in [1.82, 2.24) is 5.16 Å². The van der Waals surface area contributed by atoms with Crippen LogP contribution in [-0.2, 0) is 0 Å². The number of nitrogen functional groups attached to an aromatic ring is 1. The van der Waals surface area contributed by atoms with Gasteiger partial charge in [0.25, 0.3) is 0 Å². The van der Waals surface area contributed by atoms with Crippen LogP contribution in [0.1, 0.15) is 5.56 Å². The van der Waals surface area contributed by atoms with Crippen LogP contribution in [0.2, 0.25) is 5.02 Å². The number of nitrogens with two attached hydrogens (primary N) is 1. The first-order chi connectivity index (χ1) is 8.16. The van der Waals surface area contributed by atoms with Gasteiger partial charge >= 0.3 is 0 Å². The highest BCUT2D eigenvalue weighted by Crippen LogP contribution is 2.45. The van der Waals surface area contributed by atoms with Crippen molar-refractivity contribution in [3.63, 3.8) is 0 Å². The van der Waals surface area contributed by atoms with E-state index in [0.29, 0.717) is 28.1 Å². The average molecular weight is 253 g/mol. The van der Waals surface area contributed by atoms with Gasteiger partial charge in [-0.2, -0.15) is 0 Å². The Morgan fingerprint density at radius 3 is 2.88 bits per heavy atom. The van der Waals surface area contributed by atoms with E-state index in [0.717, 1.165) is 11.1 Å². The van der Waals surface area contributed by atoms with Crippen LogP contribution < -0.4 is 15.2 Å². The second-order valence-corrected chi connectivity index (χ2v) is 4.09. The summed E-state index contributed by atoms with van der Waals surface area (Å²) in [5.41, 5.74) is 7.16. The van der Waals surface area contributed by atoms with Gasteiger partial charge in [-0.3, -0.25) is 0 Å². The number of ether oxygens (including phenoxy) is 2. The Balaban J connectivity index is 2.21. The molecule has 1 aromatic heterocycles. The van der Waals surface area contributed by atoms with Crippen molar-refractivity contribution in [3.05, 3.63) is 22.7 Å². The molecule has 0 saturated carbocycles. The molecule has 0 spiro atoms. The Hall–Kier alpha value is -1.88. The first-order valence-corrected chi connectivity index (χ1v) is 5.36. The molecule has 0 saturated heterocycles. The van der Waals surface area contributed by atoms with E-state index in [2.05, 4.69) is 5.16 Å². The molecule has 0 bridgehead atoms. The van der Waals surface area contributed by atoms with Crippen molar-refractivity contribution in [2.45, 2.75) is 6.92 Å². The van der Waals surface area contributed by atoms with Gasteiger partial charge in [0.15, 0.2) is 23.1 Å². The van der Waals surface area contributed by atoms with Crippen molar-refractivity contribution < 1.29 is 14.0 Å². The number of benzene rings is 1. The van der Waals surface area contributed by atoms with Gasteiger partial charge in [-0.05, 0) is 18.6 Å². The number of rotatable bonds is 1. The number of anilines is 1. The second-order valence-electron chi connectivity index (χ2n) is 3.71. The van der Waals surface area contributed by atoms with Gasteiger partial charge in [0.05, 0.1) is 5.02 Å². The largest absolute Gasteiger partial charge is 0.454 e. The molecule has 0 atom stereocenters. The summed E-state index contributed by atoms with van der Waals surface area (Å²) in [6.45, 7) is 2.05. The summed E-state index contributed by atoms with van der Waals surface area (Å²) in [4.78, 5) is 0. The minimum Gasteiger partial charge on any atom is -0.454 e. The minimum atomic E-state index is 0.177. The van der Waals surface area contributed by atoms with E-state index in [4.69, 9.17) is 31.3 Å². The van der Waals surface area contributed by atoms with E-state index in [1.54, 1.807) is 6.07 Å². The molecule has 0 amide bonds. The molecular weight excluding hydrogens is 244 g/mol. The summed E-state index contributed by atoms with van der Waals surface area (Å²) in [5.74, 6) is 2.05. The molecule has 2 N–H and O–H groups in total. The fourth-order valence-electron chi connectivity index (χ4n) is 1.77. The summed E-state index contributed by atoms with van der Waals surface area (Å²) < 4.78 is 15.7. The lowest BCUT2D eigenvalue weighted by Crippen LogP contribution is -1.93. The highest BCUT2D eigenvalue weighted by molar-refractivity contribution is 6.33. The zero-order valence-electron chi connectivity index (χ0n) is 8.99. The van der Waals surface area contributed by atoms with Gasteiger partial charge < -0.3 is 19.7 Å². The molecule has 0 aliphatic carbocycles. The third-order valence-electron chi connectivity index (χ3n) is 2.64. The highest BCUT2D eigenvalue weighted by atomic mass is 35.5. The molecular formula is C11H9ClN2O3. The predicted molar refractivity (Wildman–Crippen MR) is 62.2 cm³/mol. The van der Waals surface area contributed by atoms with Gasteiger partial charge in [0.2, 0.25) is 6.79 Å². The number of hydrogen-bond acceptors (Lipinski definition) is 5. The van der Waals surface area contributed by atoms with Crippen LogP contribution >= 0.6 is 11.6 Å². The van der Waals surface area contributed by atoms with Crippen LogP contribution in [0.25, 0.3) is 11.3 Å². The molecule has 1 aliphatic heterocycles. The minimum absolute atomic E-state index is 0.177. The monoisotopic (exact) mass is 252 g/mol. The summed E-state index contributed by atoms with van der Waals surface area (Å²) in [6.07, 6.45) is 0. The van der Waals surface area contributed by atoms with Crippen molar-refractivity contribution in [3.8, 4) is 22.8 Å². The van der Waals surface area contributed by atoms with Gasteiger partial charge in [0, 0.05) is 11.6 Å². The van der Waals surface area contributed by atoms with E-state index in [1.165, 1.54) is 0 Å². The van der Waals surface area contributed by atoms with E-state index in [9.17, 15) is 0 Å². The summed E-state index contributed by atoms with van der Waals surface area (Å²) in [7, 11) is 0. The zero-order valence-corrected chi connectivity index (χ0v) is 9.75. The molecule has 17 heavy (non-hydrogen) atoms. The maximum atomic E-state index is 6.20. The molecule has 5 nitrogen and oxygen atoms in total. The summed E-state index contributed by atoms with van der Waals surface area (Å²) in [5, 5.41) is 4.16. The predicted octanol–water partition coefficient (Wildman–Crippen LogP) is 2.61. The molecule has 6 heteroatoms. The Labute approximate surface area is 102 Å². The molecule has 0 radical (unpaired) electrons. The lowest BCUT2D eigenvalue weighted by molar-refractivity contribution is 0.174. The fourth-order valence-corrected chi connectivity index (χ4v) is 2.02. The second kappa shape index (κ2) is 3.56. The summed E-state index contributed by atoms with van der Waals surface area (Å²) in [6, 6.07) is 3.45. The Morgan fingerprint density at radius 1 is 1.35 bits per heavy atom. The van der Waals surface area contributed by atoms with E-state index in [-0.39, 0.29) is 6.79 Å². The Morgan fingerprint density at radius 2 is 2.18 bits per heavy atom. The van der Waals surface area contributed by atoms with E-state index < -0.39 is 0 Å². The highest BCUT2D eigenvalue weighted by Gasteiger charge is 2.23. The van der Waals surface area contributed by atoms with E-state index >= 15 is 0 Å². The molecule has 1 aromatic carbocycles. The molecule has 1 aliphatic rings. The van der Waals surface area contributed by atoms with Crippen molar-refractivity contribution in [2.75, 3.05) is 12.5 Å². The third kappa shape index (κ3) is 1.51. The maximum Gasteiger partial charge on any atom is 0.231 e. The number of aromatic nitrogens is 1. The van der Waals surface area contributed by atoms with E-state index in [1.807, 2.05) is 13.0 Å².